The van der Waals surface area contributed by atoms with Crippen LogP contribution in [0.5, 0.6) is 0 Å². The van der Waals surface area contributed by atoms with Crippen molar-refractivity contribution in [1.29, 1.82) is 0 Å². The van der Waals surface area contributed by atoms with Crippen molar-refractivity contribution < 1.29 is 0 Å². The molecule has 1 aliphatic heterocycles. The zero-order valence-electron chi connectivity index (χ0n) is 12.1. The second-order valence-electron chi connectivity index (χ2n) is 7.01. The van der Waals surface area contributed by atoms with Gasteiger partial charge in [-0.05, 0) is 56.9 Å². The Bertz CT molecular complexity index is 256. The molecule has 2 nitrogen and oxygen atoms in total. The van der Waals surface area contributed by atoms with Gasteiger partial charge >= 0.3 is 0 Å². The summed E-state index contributed by atoms with van der Waals surface area (Å²) in [5.41, 5.74) is 6.47. The molecule has 0 spiro atoms. The van der Waals surface area contributed by atoms with Gasteiger partial charge in [-0.25, -0.2) is 0 Å². The number of hydrogen-bond acceptors (Lipinski definition) is 2. The highest BCUT2D eigenvalue weighted by Crippen LogP contribution is 2.47. The number of likely N-dealkylation sites (tertiary alicyclic amines) is 1. The molecule has 0 bridgehead atoms. The number of nitrogens with zero attached hydrogens (tertiary/aromatic N) is 1. The highest BCUT2D eigenvalue weighted by molar-refractivity contribution is 5.06. The van der Waals surface area contributed by atoms with E-state index in [1.54, 1.807) is 0 Å². The van der Waals surface area contributed by atoms with Crippen LogP contribution in [0, 0.1) is 17.8 Å². The lowest BCUT2D eigenvalue weighted by molar-refractivity contribution is -0.0747. The molecule has 2 atom stereocenters. The largest absolute Gasteiger partial charge is 0.329 e. The molecule has 0 amide bonds. The van der Waals surface area contributed by atoms with Crippen molar-refractivity contribution in [3.05, 3.63) is 0 Å². The summed E-state index contributed by atoms with van der Waals surface area (Å²) in [5.74, 6) is 2.64. The molecule has 100 valence electrons. The molecular weight excluding hydrogens is 208 g/mol. The Morgan fingerprint density at radius 1 is 1.29 bits per heavy atom. The summed E-state index contributed by atoms with van der Waals surface area (Å²) in [7, 11) is 0. The first-order valence-corrected chi connectivity index (χ1v) is 7.45. The van der Waals surface area contributed by atoms with Gasteiger partial charge < -0.3 is 5.73 Å². The molecule has 0 radical (unpaired) electrons. The minimum absolute atomic E-state index is 0.356. The number of hydrogen-bond donors (Lipinski definition) is 1. The van der Waals surface area contributed by atoms with Crippen LogP contribution in [0.4, 0.5) is 0 Å². The monoisotopic (exact) mass is 238 g/mol. The predicted molar refractivity (Wildman–Crippen MR) is 73.9 cm³/mol. The molecule has 2 heteroatoms. The molecule has 2 aliphatic rings. The van der Waals surface area contributed by atoms with Crippen molar-refractivity contribution in [2.45, 2.75) is 65.0 Å². The fourth-order valence-corrected chi connectivity index (χ4v) is 4.02. The fraction of sp³-hybridized carbons (Fsp3) is 1.00. The van der Waals surface area contributed by atoms with Gasteiger partial charge in [-0.3, -0.25) is 4.90 Å². The molecule has 1 aliphatic carbocycles. The van der Waals surface area contributed by atoms with Gasteiger partial charge in [-0.15, -0.1) is 0 Å². The molecule has 0 aromatic rings. The summed E-state index contributed by atoms with van der Waals surface area (Å²) in [4.78, 5) is 2.74. The van der Waals surface area contributed by atoms with Crippen molar-refractivity contribution in [3.8, 4) is 0 Å². The van der Waals surface area contributed by atoms with Crippen LogP contribution in [-0.2, 0) is 0 Å². The quantitative estimate of drug-likeness (QED) is 0.819. The smallest absolute Gasteiger partial charge is 0.0340 e. The summed E-state index contributed by atoms with van der Waals surface area (Å²) in [6, 6.07) is 0.732. The lowest BCUT2D eigenvalue weighted by Crippen LogP contribution is -2.66. The molecule has 1 heterocycles. The van der Waals surface area contributed by atoms with Gasteiger partial charge in [0.1, 0.15) is 0 Å². The molecule has 2 N–H and O–H groups in total. The van der Waals surface area contributed by atoms with Crippen molar-refractivity contribution >= 4 is 0 Å². The third kappa shape index (κ3) is 2.39. The van der Waals surface area contributed by atoms with Gasteiger partial charge in [-0.1, -0.05) is 20.8 Å². The molecule has 2 fully saturated rings. The summed E-state index contributed by atoms with van der Waals surface area (Å²) in [6.45, 7) is 11.6. The molecule has 2 rings (SSSR count). The minimum atomic E-state index is 0.356. The Balaban J connectivity index is 2.00. The van der Waals surface area contributed by atoms with Gasteiger partial charge in [0, 0.05) is 18.1 Å². The molecule has 0 aromatic heterocycles. The normalized spacial score (nSPS) is 43.8. The van der Waals surface area contributed by atoms with E-state index in [1.165, 1.54) is 32.2 Å². The van der Waals surface area contributed by atoms with Crippen molar-refractivity contribution in [2.75, 3.05) is 13.1 Å². The molecular formula is C15H30N2. The summed E-state index contributed by atoms with van der Waals surface area (Å²) in [5, 5.41) is 0. The first kappa shape index (κ1) is 13.4. The van der Waals surface area contributed by atoms with E-state index < -0.39 is 0 Å². The Morgan fingerprint density at radius 2 is 1.94 bits per heavy atom. The zero-order chi connectivity index (χ0) is 12.6. The van der Waals surface area contributed by atoms with E-state index in [0.717, 1.165) is 30.3 Å². The van der Waals surface area contributed by atoms with E-state index in [9.17, 15) is 0 Å². The van der Waals surface area contributed by atoms with Crippen LogP contribution in [0.3, 0.4) is 0 Å². The van der Waals surface area contributed by atoms with E-state index >= 15 is 0 Å². The summed E-state index contributed by atoms with van der Waals surface area (Å²) in [6.07, 6.45) is 5.38. The van der Waals surface area contributed by atoms with Crippen molar-refractivity contribution in [2.24, 2.45) is 23.5 Å². The minimum Gasteiger partial charge on any atom is -0.329 e. The lowest BCUT2D eigenvalue weighted by Gasteiger charge is -2.59. The topological polar surface area (TPSA) is 29.3 Å². The Kier molecular flexibility index (Phi) is 3.84. The van der Waals surface area contributed by atoms with E-state index in [2.05, 4.69) is 32.6 Å². The molecule has 0 aromatic carbocycles. The van der Waals surface area contributed by atoms with E-state index in [-0.39, 0.29) is 0 Å². The van der Waals surface area contributed by atoms with Crippen LogP contribution >= 0.6 is 0 Å². The van der Waals surface area contributed by atoms with Crippen molar-refractivity contribution in [1.82, 2.24) is 4.90 Å². The first-order chi connectivity index (χ1) is 7.98. The fourth-order valence-electron chi connectivity index (χ4n) is 4.02. The molecule has 1 saturated carbocycles. The first-order valence-electron chi connectivity index (χ1n) is 7.45. The maximum atomic E-state index is 6.12. The van der Waals surface area contributed by atoms with Gasteiger partial charge in [-0.2, -0.15) is 0 Å². The number of rotatable bonds is 3. The van der Waals surface area contributed by atoms with E-state index in [4.69, 9.17) is 5.73 Å². The van der Waals surface area contributed by atoms with Crippen LogP contribution in [0.15, 0.2) is 0 Å². The number of nitrogens with two attached hydrogens (primary N) is 1. The lowest BCUT2D eigenvalue weighted by atomic mass is 9.62. The maximum absolute atomic E-state index is 6.12. The Morgan fingerprint density at radius 3 is 2.41 bits per heavy atom. The summed E-state index contributed by atoms with van der Waals surface area (Å²) < 4.78 is 0. The van der Waals surface area contributed by atoms with Crippen LogP contribution in [0.2, 0.25) is 0 Å². The molecule has 2 unspecified atom stereocenters. The highest BCUT2D eigenvalue weighted by atomic mass is 15.3. The van der Waals surface area contributed by atoms with Crippen LogP contribution < -0.4 is 5.73 Å². The second kappa shape index (κ2) is 4.89. The van der Waals surface area contributed by atoms with Crippen LogP contribution in [0.25, 0.3) is 0 Å². The Hall–Kier alpha value is -0.0800. The van der Waals surface area contributed by atoms with Gasteiger partial charge in [0.2, 0.25) is 0 Å². The van der Waals surface area contributed by atoms with E-state index in [0.29, 0.717) is 5.54 Å². The third-order valence-electron chi connectivity index (χ3n) is 5.35. The average molecular weight is 238 g/mol. The average Bonchev–Trinajstić information content (AvgIpc) is 2.19. The van der Waals surface area contributed by atoms with Gasteiger partial charge in [0.15, 0.2) is 0 Å². The van der Waals surface area contributed by atoms with Gasteiger partial charge in [0.05, 0.1) is 0 Å². The Labute approximate surface area is 107 Å². The highest BCUT2D eigenvalue weighted by Gasteiger charge is 2.50. The predicted octanol–water partition coefficient (Wildman–Crippen LogP) is 2.87. The van der Waals surface area contributed by atoms with Crippen LogP contribution in [-0.4, -0.2) is 29.6 Å². The van der Waals surface area contributed by atoms with Crippen LogP contribution in [0.1, 0.15) is 53.4 Å². The van der Waals surface area contributed by atoms with Gasteiger partial charge in [0.25, 0.3) is 0 Å². The SMILES string of the molecule is CC1CCN(C2(CN)CC(C(C)C)C2)C(C)C1. The summed E-state index contributed by atoms with van der Waals surface area (Å²) >= 11 is 0. The van der Waals surface area contributed by atoms with Crippen molar-refractivity contribution in [3.63, 3.8) is 0 Å². The zero-order valence-corrected chi connectivity index (χ0v) is 12.1. The standard InChI is InChI=1S/C15H30N2/c1-11(2)14-8-15(9-14,10-16)17-6-5-12(3)7-13(17)4/h11-14H,5-10,16H2,1-4H3. The maximum Gasteiger partial charge on any atom is 0.0340 e. The number of piperidine rings is 1. The van der Waals surface area contributed by atoms with E-state index in [1.807, 2.05) is 0 Å². The second-order valence-corrected chi connectivity index (χ2v) is 7.01. The molecule has 1 saturated heterocycles. The third-order valence-corrected chi connectivity index (χ3v) is 5.35. The molecule has 17 heavy (non-hydrogen) atoms.